The molecule has 1 aromatic heterocycles. The first-order valence-corrected chi connectivity index (χ1v) is 29.6. The maximum Gasteiger partial charge on any atom is 1.00 e. The molecule has 1 fully saturated rings. The second kappa shape index (κ2) is 28.6. The predicted octanol–water partition coefficient (Wildman–Crippen LogP) is 4.40. The van der Waals surface area contributed by atoms with Gasteiger partial charge in [0.1, 0.15) is 28.8 Å². The number of oxazole rings is 1. The molecule has 1 N–H and O–H groups in total. The van der Waals surface area contributed by atoms with Crippen molar-refractivity contribution in [3.63, 3.8) is 0 Å². The molecule has 0 saturated carbocycles. The number of nitrogens with one attached hydrogen (secondary N) is 1. The summed E-state index contributed by atoms with van der Waals surface area (Å²) in [5, 5.41) is 3.12. The van der Waals surface area contributed by atoms with E-state index in [1.807, 2.05) is 79.1 Å². The summed E-state index contributed by atoms with van der Waals surface area (Å²) in [6.45, 7) is 6.69. The molecule has 0 unspecified atom stereocenters. The topological polar surface area (TPSA) is 262 Å². The number of benzene rings is 4. The number of fused-ring (bicyclic) bond motifs is 3. The first-order chi connectivity index (χ1) is 38.9. The Kier molecular flexibility index (Phi) is 21.9. The van der Waals surface area contributed by atoms with Crippen molar-refractivity contribution in [1.82, 2.24) is 15.1 Å². The fourth-order valence-electron chi connectivity index (χ4n) is 9.04. The second-order valence-corrected chi connectivity index (χ2v) is 22.0. The summed E-state index contributed by atoms with van der Waals surface area (Å²) in [5.74, 6) is -0.859. The van der Waals surface area contributed by atoms with Gasteiger partial charge < -0.3 is 47.6 Å². The molecular formula is C57H60ClN6NaO15S2. The Morgan fingerprint density at radius 2 is 1.43 bits per heavy atom. The van der Waals surface area contributed by atoms with Crippen molar-refractivity contribution in [1.29, 1.82) is 0 Å². The van der Waals surface area contributed by atoms with Gasteiger partial charge in [0.05, 0.1) is 52.3 Å². The predicted molar refractivity (Wildman–Crippen MR) is 299 cm³/mol. The zero-order valence-corrected chi connectivity index (χ0v) is 50.1. The van der Waals surface area contributed by atoms with E-state index in [4.69, 9.17) is 35.0 Å². The van der Waals surface area contributed by atoms with E-state index < -0.39 is 61.2 Å². The number of ether oxygens (including phenoxy) is 4. The third-order valence-corrected chi connectivity index (χ3v) is 15.0. The van der Waals surface area contributed by atoms with Crippen molar-refractivity contribution in [2.45, 2.75) is 57.9 Å². The smallest absolute Gasteiger partial charge is 0.748 e. The van der Waals surface area contributed by atoms with Crippen molar-refractivity contribution < 1.29 is 103 Å². The molecule has 25 heteroatoms. The molecule has 428 valence electrons. The molecule has 0 spiro atoms. The minimum absolute atomic E-state index is 0. The van der Waals surface area contributed by atoms with Gasteiger partial charge in [-0.15, -0.1) is 0 Å². The number of amides is 5. The van der Waals surface area contributed by atoms with Gasteiger partial charge in [0.25, 0.3) is 17.3 Å². The molecule has 21 nitrogen and oxygen atoms in total. The largest absolute Gasteiger partial charge is 1.00 e. The number of anilines is 2. The number of carbonyl (C=O) groups is 4. The van der Waals surface area contributed by atoms with Crippen molar-refractivity contribution in [3.05, 3.63) is 149 Å². The van der Waals surface area contributed by atoms with Gasteiger partial charge in [0.15, 0.2) is 18.0 Å². The number of rotatable bonds is 26. The van der Waals surface area contributed by atoms with Crippen LogP contribution in [0.2, 0.25) is 5.02 Å². The Hall–Kier alpha value is -6.64. The number of urea groups is 1. The third kappa shape index (κ3) is 15.7. The van der Waals surface area contributed by atoms with Gasteiger partial charge in [-0.3, -0.25) is 19.3 Å². The number of allylic oxidation sites excluding steroid dienone is 6. The molecule has 3 aliphatic rings. The van der Waals surface area contributed by atoms with Crippen LogP contribution in [-0.2, 0) is 50.6 Å². The zero-order chi connectivity index (χ0) is 57.8. The summed E-state index contributed by atoms with van der Waals surface area (Å²) in [6, 6.07) is 23.9. The Bertz CT molecular complexity index is 3590. The normalized spacial score (nSPS) is 16.2. The zero-order valence-electron chi connectivity index (χ0n) is 45.7. The maximum absolute atomic E-state index is 13.6. The number of halogens is 1. The molecule has 0 radical (unpaired) electrons. The number of aromatic nitrogens is 1. The number of imide groups is 2. The summed E-state index contributed by atoms with van der Waals surface area (Å²) in [7, 11) is -9.15. The van der Waals surface area contributed by atoms with Crippen LogP contribution < -0.4 is 58.7 Å². The molecule has 5 amide bonds. The second-order valence-electron chi connectivity index (χ2n) is 18.6. The molecule has 0 atom stereocenters. The Morgan fingerprint density at radius 1 is 0.744 bits per heavy atom. The quantitative estimate of drug-likeness (QED) is 0.0201. The summed E-state index contributed by atoms with van der Waals surface area (Å²) >= 11 is 6.34. The average Bonchev–Trinajstić information content (AvgIpc) is 4.10. The van der Waals surface area contributed by atoms with Gasteiger partial charge >= 0.3 is 41.5 Å². The molecule has 5 aromatic rings. The number of nitrogens with zero attached hydrogens (tertiary/aromatic N) is 5. The summed E-state index contributed by atoms with van der Waals surface area (Å²) < 4.78 is 102. The first-order valence-electron chi connectivity index (χ1n) is 26.2. The van der Waals surface area contributed by atoms with Gasteiger partial charge in [0, 0.05) is 49.1 Å². The van der Waals surface area contributed by atoms with E-state index in [0.29, 0.717) is 82.5 Å². The van der Waals surface area contributed by atoms with Gasteiger partial charge in [-0.25, -0.2) is 26.5 Å². The van der Waals surface area contributed by atoms with Gasteiger partial charge in [-0.1, -0.05) is 80.4 Å². The molecule has 82 heavy (non-hydrogen) atoms. The van der Waals surface area contributed by atoms with Crippen LogP contribution in [0.1, 0.15) is 52.3 Å². The van der Waals surface area contributed by atoms with Crippen molar-refractivity contribution >= 4 is 84.1 Å². The molecule has 3 aliphatic heterocycles. The van der Waals surface area contributed by atoms with E-state index >= 15 is 0 Å². The number of hydrogen-bond donors (Lipinski definition) is 1. The standard InChI is InChI=1S/C57H61ClN6O15S2.Na/c1-4-7-25-63-55(66)44(16-11-12-17-52-60(6-3)47-37-43(81(72,73)74)20-23-50(47)77-52)56(67)64(57(63)68)38-51(65)59-24-28-75-30-31-76-29-27-62-45-35-41(40-14-9-8-10-15-40)18-21-48(45)78-54(62)34-39(5-2)33-53-61(26-13-32-80(69,70)71)46-36-42(58)19-22-49(46)79-53;/h8-12,14-23,33-37H,4-7,13,24-32,38H2,1-3H3,(H2-,59,65,69,70,71,72,73,74);/q;+1/p-1. The van der Waals surface area contributed by atoms with Crippen LogP contribution in [-0.4, -0.2) is 124 Å². The van der Waals surface area contributed by atoms with Crippen LogP contribution >= 0.6 is 11.6 Å². The molecule has 1 saturated heterocycles. The van der Waals surface area contributed by atoms with Crippen LogP contribution in [0.5, 0.6) is 11.5 Å². The van der Waals surface area contributed by atoms with Crippen LogP contribution in [0.4, 0.5) is 16.2 Å². The fraction of sp³-hybridized carbons (Fsp3) is 0.316. The van der Waals surface area contributed by atoms with Crippen molar-refractivity contribution in [2.75, 3.05) is 74.7 Å². The van der Waals surface area contributed by atoms with Gasteiger partial charge in [0.2, 0.25) is 23.3 Å². The molecule has 4 aromatic carbocycles. The van der Waals surface area contributed by atoms with Crippen LogP contribution in [0.15, 0.2) is 148 Å². The molecule has 8 rings (SSSR count). The van der Waals surface area contributed by atoms with E-state index in [1.54, 1.807) is 34.9 Å². The molecule has 4 heterocycles. The SMILES string of the molecule is CCCCN1C(=O)C(=CC=CC=C2Oc3ccc(S(=O)(=O)[O-])cc3N2CC)C(=O)N(CC(=O)NCCOCCOCC[n+]2c(C=C(C=C3Oc4ccc(Cl)cc4N3CCCS(=O)(=O)[O-])CC)oc3ccc(-c4ccccc4)cc32)C1=O.[Na+]. The average molecular weight is 1190 g/mol. The molecular weight excluding hydrogens is 1130 g/mol. The van der Waals surface area contributed by atoms with Crippen molar-refractivity contribution in [2.24, 2.45) is 0 Å². The van der Waals surface area contributed by atoms with E-state index in [2.05, 4.69) is 5.32 Å². The number of barbiturate groups is 1. The van der Waals surface area contributed by atoms with Gasteiger partial charge in [-0.2, -0.15) is 4.57 Å². The monoisotopic (exact) mass is 1190 g/mol. The van der Waals surface area contributed by atoms with Gasteiger partial charge in [-0.05, 0) is 97.5 Å². The number of carbonyl (C=O) groups excluding carboxylic acids is 4. The number of hydrogen-bond acceptors (Lipinski definition) is 17. The van der Waals surface area contributed by atoms with Crippen LogP contribution in [0, 0.1) is 0 Å². The van der Waals surface area contributed by atoms with E-state index in [-0.39, 0.29) is 93.5 Å². The third-order valence-electron chi connectivity index (χ3n) is 13.1. The van der Waals surface area contributed by atoms with E-state index in [0.717, 1.165) is 33.2 Å². The minimum atomic E-state index is -4.71. The first kappa shape index (κ1) is 63.0. The summed E-state index contributed by atoms with van der Waals surface area (Å²) in [5.41, 5.74) is 4.95. The van der Waals surface area contributed by atoms with Crippen molar-refractivity contribution in [3.8, 4) is 22.6 Å². The number of unbranched alkanes of at least 4 members (excludes halogenated alkanes) is 1. The Balaban J connectivity index is 0.00000968. The fourth-order valence-corrected chi connectivity index (χ4v) is 10.2. The van der Waals surface area contributed by atoms with Crippen LogP contribution in [0.3, 0.4) is 0 Å². The summed E-state index contributed by atoms with van der Waals surface area (Å²) in [6.07, 6.45) is 11.1. The molecule has 0 aliphatic carbocycles. The Labute approximate surface area is 502 Å². The summed E-state index contributed by atoms with van der Waals surface area (Å²) in [4.78, 5) is 58.4. The Morgan fingerprint density at radius 3 is 2.13 bits per heavy atom. The maximum atomic E-state index is 13.6. The van der Waals surface area contributed by atoms with E-state index in [9.17, 15) is 45.1 Å². The molecule has 0 bridgehead atoms. The van der Waals surface area contributed by atoms with E-state index in [1.165, 1.54) is 36.4 Å². The van der Waals surface area contributed by atoms with Crippen LogP contribution in [0.25, 0.3) is 28.3 Å². The minimum Gasteiger partial charge on any atom is -0.748 e.